The van der Waals surface area contributed by atoms with Gasteiger partial charge in [-0.2, -0.15) is 5.26 Å². The zero-order valence-corrected chi connectivity index (χ0v) is 37.9. The zero-order valence-electron chi connectivity index (χ0n) is 37.0. The standard InChI is InChI=1S/C50H72N4O4S/c1-34(2)37-15-22-50(53-26-27-54-28-30-59(8,57)31-29-54)24-23-47(6)39(42(37)50)11-12-41-46(5)18-16-38(45(3,4)40(46)17-19-48(41,47)7)35-13-20-49(21-14-35,44(55)56)33-58-43-36(32-51)10-9-25-52-43/h9-10,13,16,25,37,39-42,53H,1,8,11-12,14-15,17-24,26-31,33H2,2-7H3,(H,55,56)/t37-,39+,40-,41+,42+,46-,47+,48+,49+,50-/m0/s1. The summed E-state index contributed by atoms with van der Waals surface area (Å²) in [4.78, 5) is 19.5. The molecule has 10 atom stereocenters. The molecule has 6 aliphatic carbocycles. The molecule has 9 heteroatoms. The number of ether oxygens (including phenoxy) is 1. The van der Waals surface area contributed by atoms with Crippen LogP contribution >= 0.6 is 0 Å². The third-order valence-corrected chi connectivity index (χ3v) is 20.8. The van der Waals surface area contributed by atoms with Gasteiger partial charge in [0, 0.05) is 49.4 Å². The second-order valence-electron chi connectivity index (χ2n) is 21.8. The molecular weight excluding hydrogens is 753 g/mol. The Morgan fingerprint density at radius 3 is 2.46 bits per heavy atom. The van der Waals surface area contributed by atoms with E-state index in [1.807, 2.05) is 0 Å². The van der Waals surface area contributed by atoms with Crippen molar-refractivity contribution in [3.8, 4) is 11.9 Å². The molecule has 2 N–H and O–H groups in total. The predicted octanol–water partition coefficient (Wildman–Crippen LogP) is 9.08. The average molecular weight is 825 g/mol. The van der Waals surface area contributed by atoms with Crippen LogP contribution in [-0.2, 0) is 14.3 Å². The average Bonchev–Trinajstić information content (AvgIpc) is 3.58. The normalized spacial score (nSPS) is 41.1. The molecule has 0 spiro atoms. The lowest BCUT2D eigenvalue weighted by atomic mass is 9.33. The van der Waals surface area contributed by atoms with Gasteiger partial charge in [-0.05, 0) is 174 Å². The fraction of sp³-hybridized carbons (Fsp3) is 0.720. The molecule has 0 bridgehead atoms. The van der Waals surface area contributed by atoms with Gasteiger partial charge >= 0.3 is 5.97 Å². The number of aliphatic carboxylic acids is 1. The van der Waals surface area contributed by atoms with Crippen molar-refractivity contribution in [2.75, 3.05) is 44.3 Å². The molecule has 7 aliphatic rings. The minimum absolute atomic E-state index is 0.00734. The van der Waals surface area contributed by atoms with Crippen LogP contribution in [0.4, 0.5) is 0 Å². The van der Waals surface area contributed by atoms with Crippen molar-refractivity contribution in [1.82, 2.24) is 15.2 Å². The van der Waals surface area contributed by atoms with Crippen LogP contribution in [0, 0.1) is 68.0 Å². The van der Waals surface area contributed by atoms with Crippen molar-refractivity contribution in [2.24, 2.45) is 56.7 Å². The SMILES string of the molecule is C=C(C)[C@@H]1CC[C@]2(NCCN3CCS(=C)(=O)CC3)CC[C@]3(C)[C@H](CC[C@@H]4[C@@]5(C)CC=C(C6=CC[C@@](COc7ncccc7C#N)(C(=O)O)CC6)C(C)(C)[C@@H]5CC[C@]43C)[C@@H]12. The number of rotatable bonds is 10. The number of carboxylic acids is 1. The van der Waals surface area contributed by atoms with E-state index in [4.69, 9.17) is 4.74 Å². The molecule has 0 aromatic carbocycles. The smallest absolute Gasteiger partial charge is 0.313 e. The molecule has 0 unspecified atom stereocenters. The Morgan fingerprint density at radius 1 is 1.02 bits per heavy atom. The Bertz CT molecular complexity index is 2050. The highest BCUT2D eigenvalue weighted by Crippen LogP contribution is 2.76. The molecular formula is C50H72N4O4S. The van der Waals surface area contributed by atoms with Crippen LogP contribution in [0.2, 0.25) is 0 Å². The van der Waals surface area contributed by atoms with Crippen molar-refractivity contribution in [3.05, 3.63) is 59.3 Å². The summed E-state index contributed by atoms with van der Waals surface area (Å²) in [5.41, 5.74) is 4.29. The van der Waals surface area contributed by atoms with E-state index in [1.165, 1.54) is 68.1 Å². The molecule has 1 saturated heterocycles. The molecule has 1 aliphatic heterocycles. The molecule has 322 valence electrons. The summed E-state index contributed by atoms with van der Waals surface area (Å²) < 4.78 is 18.5. The molecule has 5 fully saturated rings. The second kappa shape index (κ2) is 15.2. The third-order valence-electron chi connectivity index (χ3n) is 18.9. The summed E-state index contributed by atoms with van der Waals surface area (Å²) in [6, 6.07) is 5.45. The number of nitrogens with one attached hydrogen (secondary N) is 1. The van der Waals surface area contributed by atoms with Crippen molar-refractivity contribution in [3.63, 3.8) is 0 Å². The van der Waals surface area contributed by atoms with Gasteiger partial charge in [-0.1, -0.05) is 58.9 Å². The van der Waals surface area contributed by atoms with E-state index < -0.39 is 20.9 Å². The monoisotopic (exact) mass is 825 g/mol. The number of hydrogen-bond donors (Lipinski definition) is 2. The largest absolute Gasteiger partial charge is 0.481 e. The Labute approximate surface area is 355 Å². The number of aromatic nitrogens is 1. The van der Waals surface area contributed by atoms with Crippen LogP contribution in [-0.4, -0.2) is 80.9 Å². The van der Waals surface area contributed by atoms with E-state index in [-0.39, 0.29) is 39.7 Å². The van der Waals surface area contributed by atoms with E-state index >= 15 is 0 Å². The van der Waals surface area contributed by atoms with Gasteiger partial charge in [0.25, 0.3) is 0 Å². The van der Waals surface area contributed by atoms with Crippen LogP contribution in [0.25, 0.3) is 0 Å². The molecule has 1 aromatic heterocycles. The van der Waals surface area contributed by atoms with Gasteiger partial charge < -0.3 is 20.1 Å². The van der Waals surface area contributed by atoms with E-state index in [9.17, 15) is 19.4 Å². The van der Waals surface area contributed by atoms with E-state index in [0.29, 0.717) is 54.4 Å². The maximum absolute atomic E-state index is 12.8. The number of hydrogen-bond acceptors (Lipinski definition) is 7. The van der Waals surface area contributed by atoms with Gasteiger partial charge in [0.05, 0.1) is 0 Å². The lowest BCUT2D eigenvalue weighted by molar-refractivity contribution is -0.221. The molecule has 8 nitrogen and oxygen atoms in total. The maximum atomic E-state index is 12.8. The van der Waals surface area contributed by atoms with E-state index in [1.54, 1.807) is 18.3 Å². The van der Waals surface area contributed by atoms with Gasteiger partial charge in [-0.25, -0.2) is 4.98 Å². The van der Waals surface area contributed by atoms with Gasteiger partial charge in [-0.3, -0.25) is 9.00 Å². The maximum Gasteiger partial charge on any atom is 0.313 e. The summed E-state index contributed by atoms with van der Waals surface area (Å²) in [7, 11) is -1.88. The van der Waals surface area contributed by atoms with Crippen LogP contribution in [0.1, 0.15) is 124 Å². The van der Waals surface area contributed by atoms with Crippen molar-refractivity contribution in [1.29, 1.82) is 5.26 Å². The van der Waals surface area contributed by atoms with Crippen molar-refractivity contribution < 1.29 is 18.8 Å². The molecule has 4 saturated carbocycles. The first-order valence-electron chi connectivity index (χ1n) is 22.9. The second-order valence-corrected chi connectivity index (χ2v) is 24.6. The summed E-state index contributed by atoms with van der Waals surface area (Å²) >= 11 is 0. The highest BCUT2D eigenvalue weighted by molar-refractivity contribution is 8.00. The molecule has 59 heavy (non-hydrogen) atoms. The highest BCUT2D eigenvalue weighted by Gasteiger charge is 2.70. The molecule has 2 heterocycles. The molecule has 0 amide bonds. The first kappa shape index (κ1) is 42.7. The Morgan fingerprint density at radius 2 is 1.78 bits per heavy atom. The lowest BCUT2D eigenvalue weighted by Gasteiger charge is -2.72. The van der Waals surface area contributed by atoms with Crippen LogP contribution in [0.3, 0.4) is 0 Å². The van der Waals surface area contributed by atoms with Crippen LogP contribution in [0.5, 0.6) is 5.88 Å². The highest BCUT2D eigenvalue weighted by atomic mass is 32.2. The number of fused-ring (bicyclic) bond motifs is 7. The fourth-order valence-electron chi connectivity index (χ4n) is 15.4. The summed E-state index contributed by atoms with van der Waals surface area (Å²) in [5.74, 6) is 7.89. The van der Waals surface area contributed by atoms with Gasteiger partial charge in [0.2, 0.25) is 5.88 Å². The number of carbonyl (C=O) groups is 1. The molecule has 1 aromatic rings. The quantitative estimate of drug-likeness (QED) is 0.178. The van der Waals surface area contributed by atoms with Crippen LogP contribution in [0.15, 0.2) is 53.8 Å². The predicted molar refractivity (Wildman–Crippen MR) is 239 cm³/mol. The number of allylic oxidation sites excluding steroid dienone is 5. The topological polar surface area (TPSA) is 116 Å². The summed E-state index contributed by atoms with van der Waals surface area (Å²) in [6.07, 6.45) is 19.2. The number of nitriles is 1. The van der Waals surface area contributed by atoms with E-state index in [0.717, 1.165) is 44.1 Å². The Balaban J connectivity index is 1.01. The van der Waals surface area contributed by atoms with Crippen molar-refractivity contribution >= 4 is 21.4 Å². The Hall–Kier alpha value is -2.93. The first-order chi connectivity index (χ1) is 27.8. The van der Waals surface area contributed by atoms with Crippen LogP contribution < -0.4 is 10.1 Å². The van der Waals surface area contributed by atoms with Gasteiger partial charge in [-0.15, -0.1) is 0 Å². The minimum atomic E-state index is -1.88. The fourth-order valence-corrected chi connectivity index (χ4v) is 16.8. The zero-order chi connectivity index (χ0) is 42.2. The first-order valence-corrected chi connectivity index (χ1v) is 25.0. The van der Waals surface area contributed by atoms with Gasteiger partial charge in [0.15, 0.2) is 0 Å². The number of pyridine rings is 1. The third kappa shape index (κ3) is 6.89. The Kier molecular flexibility index (Phi) is 11.0. The molecule has 8 rings (SSSR count). The van der Waals surface area contributed by atoms with Gasteiger partial charge in [0.1, 0.15) is 23.7 Å². The van der Waals surface area contributed by atoms with E-state index in [2.05, 4.69) is 87.4 Å². The summed E-state index contributed by atoms with van der Waals surface area (Å²) in [5, 5.41) is 24.3. The lowest BCUT2D eigenvalue weighted by Crippen LogP contribution is -2.68. The molecule has 0 radical (unpaired) electrons. The number of nitrogens with zero attached hydrogens (tertiary/aromatic N) is 3. The summed E-state index contributed by atoms with van der Waals surface area (Å²) in [6.45, 7) is 23.8. The number of carboxylic acid groups (broad SMARTS) is 1. The minimum Gasteiger partial charge on any atom is -0.481 e. The van der Waals surface area contributed by atoms with Crippen molar-refractivity contribution in [2.45, 2.75) is 124 Å².